The first kappa shape index (κ1) is 39.0. The predicted octanol–water partition coefficient (Wildman–Crippen LogP) is 8.46. The first-order valence-corrected chi connectivity index (χ1v) is 25.0. The second-order valence-electron chi connectivity index (χ2n) is 15.0. The van der Waals surface area contributed by atoms with Crippen LogP contribution in [0.1, 0.15) is 49.7 Å². The summed E-state index contributed by atoms with van der Waals surface area (Å²) in [5.74, 6) is 0.0222. The maximum absolute atomic E-state index is 11.7. The molecule has 0 bridgehead atoms. The summed E-state index contributed by atoms with van der Waals surface area (Å²) in [6.45, 7) is 22.4. The van der Waals surface area contributed by atoms with Gasteiger partial charge in [0.2, 0.25) is 0 Å². The van der Waals surface area contributed by atoms with Crippen LogP contribution in [0.2, 0.25) is 43.8 Å². The highest BCUT2D eigenvalue weighted by Crippen LogP contribution is 2.37. The molecule has 0 saturated heterocycles. The molecule has 0 spiro atoms. The highest BCUT2D eigenvalue weighted by molar-refractivity contribution is 7.16. The number of nitrogens with zero attached hydrogens (tertiary/aromatic N) is 6. The van der Waals surface area contributed by atoms with E-state index in [1.807, 2.05) is 30.0 Å². The molecule has 4 rings (SSSR count). The maximum atomic E-state index is 11.7. The molecule has 3 heterocycles. The van der Waals surface area contributed by atoms with E-state index in [4.69, 9.17) is 18.9 Å². The zero-order valence-corrected chi connectivity index (χ0v) is 34.2. The maximum Gasteiger partial charge on any atom is 0.355 e. The molecule has 0 aliphatic carbocycles. The molecule has 268 valence electrons. The number of benzene rings is 1. The fourth-order valence-corrected chi connectivity index (χ4v) is 8.27. The number of rotatable bonds is 17. The van der Waals surface area contributed by atoms with E-state index in [-0.39, 0.29) is 16.8 Å². The quantitative estimate of drug-likeness (QED) is 0.0838. The molecule has 0 amide bonds. The van der Waals surface area contributed by atoms with Crippen LogP contribution in [0.25, 0.3) is 10.2 Å². The fourth-order valence-electron chi connectivity index (χ4n) is 4.62. The Kier molecular flexibility index (Phi) is 13.1. The minimum Gasteiger partial charge on any atom is -0.476 e. The smallest absolute Gasteiger partial charge is 0.355 e. The summed E-state index contributed by atoms with van der Waals surface area (Å²) in [7, 11) is -1.41. The van der Waals surface area contributed by atoms with Gasteiger partial charge in [-0.1, -0.05) is 63.9 Å². The van der Waals surface area contributed by atoms with Gasteiger partial charge in [0.25, 0.3) is 0 Å². The van der Waals surface area contributed by atoms with Gasteiger partial charge in [0, 0.05) is 33.7 Å². The molecule has 4 aromatic rings. The molecule has 1 atom stereocenters. The highest BCUT2D eigenvalue weighted by atomic mass is 32.1. The van der Waals surface area contributed by atoms with E-state index >= 15 is 0 Å². The summed E-state index contributed by atoms with van der Waals surface area (Å²) in [6.07, 6.45) is 1.43. The summed E-state index contributed by atoms with van der Waals surface area (Å²) in [4.78, 5) is 23.7. The lowest BCUT2D eigenvalue weighted by Crippen LogP contribution is -2.43. The normalized spacial score (nSPS) is 13.7. The van der Waals surface area contributed by atoms with Gasteiger partial charge in [-0.25, -0.2) is 9.78 Å². The third-order valence-electron chi connectivity index (χ3n) is 8.85. The molecule has 1 aromatic carbocycles. The van der Waals surface area contributed by atoms with Crippen molar-refractivity contribution in [3.05, 3.63) is 51.8 Å². The SMILES string of the molecule is COC(CCCN(c1cc(C)c(N=c2sc3ccccc3n2COCC[Si](C)(C)C)nn1)c1nc(C(=O)O)cs1)CO[Si](C)(C)C(C)(C)C. The van der Waals surface area contributed by atoms with Gasteiger partial charge in [-0.3, -0.25) is 4.57 Å². The zero-order valence-electron chi connectivity index (χ0n) is 30.6. The van der Waals surface area contributed by atoms with Crippen LogP contribution in [-0.4, -0.2) is 80.2 Å². The van der Waals surface area contributed by atoms with E-state index in [0.29, 0.717) is 43.3 Å². The number of fused-ring (bicyclic) bond motifs is 1. The van der Waals surface area contributed by atoms with E-state index < -0.39 is 22.4 Å². The Morgan fingerprint density at radius 2 is 1.88 bits per heavy atom. The Morgan fingerprint density at radius 3 is 2.51 bits per heavy atom. The first-order valence-electron chi connectivity index (χ1n) is 16.7. The van der Waals surface area contributed by atoms with E-state index in [1.165, 1.54) is 11.3 Å². The van der Waals surface area contributed by atoms with Gasteiger partial charge in [-0.15, -0.1) is 21.5 Å². The number of methoxy groups -OCH3 is 1. The van der Waals surface area contributed by atoms with Crippen LogP contribution in [-0.2, 0) is 20.6 Å². The Morgan fingerprint density at radius 1 is 1.14 bits per heavy atom. The van der Waals surface area contributed by atoms with Crippen molar-refractivity contribution < 1.29 is 23.8 Å². The van der Waals surface area contributed by atoms with Crippen LogP contribution in [0.3, 0.4) is 0 Å². The number of aryl methyl sites for hydroxylation is 1. The average molecular weight is 745 g/mol. The van der Waals surface area contributed by atoms with Crippen LogP contribution in [0.4, 0.5) is 16.8 Å². The topological polar surface area (TPSA) is 124 Å². The first-order chi connectivity index (χ1) is 23.0. The summed E-state index contributed by atoms with van der Waals surface area (Å²) < 4.78 is 21.6. The van der Waals surface area contributed by atoms with Crippen molar-refractivity contribution in [1.29, 1.82) is 0 Å². The van der Waals surface area contributed by atoms with Crippen LogP contribution < -0.4 is 9.70 Å². The van der Waals surface area contributed by atoms with Crippen molar-refractivity contribution in [3.63, 3.8) is 0 Å². The van der Waals surface area contributed by atoms with Crippen molar-refractivity contribution >= 4 is 72.0 Å². The number of anilines is 2. The van der Waals surface area contributed by atoms with Crippen molar-refractivity contribution in [2.45, 2.75) is 97.2 Å². The highest BCUT2D eigenvalue weighted by Gasteiger charge is 2.37. The standard InChI is InChI=1S/C34H52N6O5S2Si2/c1-24-20-29(37-38-30(24)36-33-40(23-44-18-19-48(6,7)8)27-15-11-12-16-28(27)47-33)39(32-35-26(22-46-32)31(41)42)17-13-14-25(43-5)21-45-49(9,10)34(2,3)4/h11-12,15-16,20,22,25H,13-14,17-19,21,23H2,1-10H3,(H,41,42). The summed E-state index contributed by atoms with van der Waals surface area (Å²) in [5, 5.41) is 20.9. The summed E-state index contributed by atoms with van der Waals surface area (Å²) >= 11 is 2.86. The van der Waals surface area contributed by atoms with E-state index in [2.05, 4.69) is 85.4 Å². The molecular weight excluding hydrogens is 693 g/mol. The molecule has 1 N–H and O–H groups in total. The van der Waals surface area contributed by atoms with Gasteiger partial charge in [0.1, 0.15) is 6.73 Å². The van der Waals surface area contributed by atoms with Crippen LogP contribution in [0.15, 0.2) is 40.7 Å². The number of carbonyl (C=O) groups is 1. The average Bonchev–Trinajstić information content (AvgIpc) is 3.64. The Labute approximate surface area is 300 Å². The van der Waals surface area contributed by atoms with E-state index in [9.17, 15) is 9.90 Å². The third-order valence-corrected chi connectivity index (χ3v) is 17.0. The van der Waals surface area contributed by atoms with Gasteiger partial charge in [0.15, 0.2) is 35.6 Å². The van der Waals surface area contributed by atoms with Gasteiger partial charge < -0.3 is 23.9 Å². The Hall–Kier alpha value is -2.80. The molecule has 3 aromatic heterocycles. The van der Waals surface area contributed by atoms with Gasteiger partial charge >= 0.3 is 5.97 Å². The van der Waals surface area contributed by atoms with Crippen molar-refractivity contribution in [1.82, 2.24) is 19.7 Å². The molecule has 11 nitrogen and oxygen atoms in total. The zero-order chi connectivity index (χ0) is 36.0. The van der Waals surface area contributed by atoms with Gasteiger partial charge in [-0.2, -0.15) is 4.99 Å². The lowest BCUT2D eigenvalue weighted by atomic mass is 10.2. The minimum absolute atomic E-state index is 0.000202. The van der Waals surface area contributed by atoms with E-state index in [1.54, 1.807) is 23.8 Å². The molecule has 1 unspecified atom stereocenters. The number of hydrogen-bond acceptors (Lipinski definition) is 11. The molecule has 0 fully saturated rings. The number of aromatic nitrogens is 4. The molecule has 0 aliphatic heterocycles. The van der Waals surface area contributed by atoms with Crippen molar-refractivity contribution in [3.8, 4) is 0 Å². The van der Waals surface area contributed by atoms with Gasteiger partial charge in [-0.05, 0) is 67.7 Å². The lowest BCUT2D eigenvalue weighted by molar-refractivity contribution is 0.0463. The van der Waals surface area contributed by atoms with Crippen molar-refractivity contribution in [2.75, 3.05) is 31.8 Å². The molecule has 0 saturated carbocycles. The number of carboxylic acids is 1. The number of ether oxygens (including phenoxy) is 2. The molecule has 0 radical (unpaired) electrons. The molecule has 15 heteroatoms. The predicted molar refractivity (Wildman–Crippen MR) is 205 cm³/mol. The number of aromatic carboxylic acids is 1. The van der Waals surface area contributed by atoms with E-state index in [0.717, 1.165) is 39.5 Å². The summed E-state index contributed by atoms with van der Waals surface area (Å²) in [5.41, 5.74) is 1.90. The number of hydrogen-bond donors (Lipinski definition) is 1. The fraction of sp³-hybridized carbons (Fsp3) is 0.559. The van der Waals surface area contributed by atoms with Crippen LogP contribution >= 0.6 is 22.7 Å². The number of thiazole rings is 2. The second kappa shape index (κ2) is 16.5. The minimum atomic E-state index is -1.92. The number of para-hydroxylation sites is 1. The van der Waals surface area contributed by atoms with Crippen LogP contribution in [0, 0.1) is 6.92 Å². The second-order valence-corrected chi connectivity index (χ2v) is 27.3. The number of carboxylic acid groups (broad SMARTS) is 1. The molecular formula is C34H52N6O5S2Si2. The summed E-state index contributed by atoms with van der Waals surface area (Å²) in [6, 6.07) is 11.2. The van der Waals surface area contributed by atoms with Crippen molar-refractivity contribution in [2.24, 2.45) is 4.99 Å². The Balaban J connectivity index is 1.58. The monoisotopic (exact) mass is 744 g/mol. The molecule has 49 heavy (non-hydrogen) atoms. The van der Waals surface area contributed by atoms with Gasteiger partial charge in [0.05, 0.1) is 22.9 Å². The molecule has 0 aliphatic rings. The largest absolute Gasteiger partial charge is 0.476 e. The Bertz CT molecular complexity index is 1780. The third kappa shape index (κ3) is 10.6. The van der Waals surface area contributed by atoms with Crippen LogP contribution in [0.5, 0.6) is 0 Å². The lowest BCUT2D eigenvalue weighted by Gasteiger charge is -2.37.